The first-order valence-corrected chi connectivity index (χ1v) is 5.82. The fourth-order valence-corrected chi connectivity index (χ4v) is 1.60. The van der Waals surface area contributed by atoms with Gasteiger partial charge in [0, 0.05) is 11.8 Å². The van der Waals surface area contributed by atoms with Crippen LogP contribution in [0.3, 0.4) is 0 Å². The lowest BCUT2D eigenvalue weighted by atomic mass is 10.1. The summed E-state index contributed by atoms with van der Waals surface area (Å²) in [6.45, 7) is 2.01. The highest BCUT2D eigenvalue weighted by Gasteiger charge is 2.13. The number of amides is 1. The predicted molar refractivity (Wildman–Crippen MR) is 72.4 cm³/mol. The number of anilines is 1. The monoisotopic (exact) mass is 246 g/mol. The van der Waals surface area contributed by atoms with Crippen molar-refractivity contribution in [1.82, 2.24) is 5.32 Å². The number of nitrogens with two attached hydrogens (primary N) is 1. The van der Waals surface area contributed by atoms with Gasteiger partial charge in [0.1, 0.15) is 5.75 Å². The number of methoxy groups -OCH3 is 1. The summed E-state index contributed by atoms with van der Waals surface area (Å²) in [5.41, 5.74) is 6.58. The van der Waals surface area contributed by atoms with Crippen molar-refractivity contribution in [2.24, 2.45) is 0 Å². The van der Waals surface area contributed by atoms with Gasteiger partial charge in [-0.3, -0.25) is 4.79 Å². The quantitative estimate of drug-likeness (QED) is 0.615. The van der Waals surface area contributed by atoms with Crippen LogP contribution in [0, 0.1) is 12.3 Å². The van der Waals surface area contributed by atoms with E-state index in [1.54, 1.807) is 25.3 Å². The molecule has 1 rings (SSSR count). The SMILES string of the molecule is C#CC(CCC)NC(=O)c1ccc(OC)cc1N. The van der Waals surface area contributed by atoms with Gasteiger partial charge in [-0.1, -0.05) is 19.3 Å². The van der Waals surface area contributed by atoms with E-state index in [4.69, 9.17) is 16.9 Å². The molecule has 1 unspecified atom stereocenters. The predicted octanol–water partition coefficient (Wildman–Crippen LogP) is 1.81. The first-order valence-electron chi connectivity index (χ1n) is 5.82. The summed E-state index contributed by atoms with van der Waals surface area (Å²) in [4.78, 5) is 12.0. The van der Waals surface area contributed by atoms with Crippen molar-refractivity contribution in [3.63, 3.8) is 0 Å². The molecule has 1 atom stereocenters. The Balaban J connectivity index is 2.81. The maximum atomic E-state index is 12.0. The van der Waals surface area contributed by atoms with E-state index < -0.39 is 0 Å². The number of rotatable bonds is 5. The highest BCUT2D eigenvalue weighted by Crippen LogP contribution is 2.19. The Morgan fingerprint density at radius 1 is 1.61 bits per heavy atom. The summed E-state index contributed by atoms with van der Waals surface area (Å²) < 4.78 is 5.03. The minimum Gasteiger partial charge on any atom is -0.497 e. The Labute approximate surface area is 108 Å². The van der Waals surface area contributed by atoms with E-state index in [0.717, 1.165) is 12.8 Å². The Morgan fingerprint density at radius 2 is 2.33 bits per heavy atom. The zero-order valence-corrected chi connectivity index (χ0v) is 10.7. The Hall–Kier alpha value is -2.15. The smallest absolute Gasteiger partial charge is 0.254 e. The molecule has 4 nitrogen and oxygen atoms in total. The molecule has 4 heteroatoms. The molecule has 0 saturated heterocycles. The largest absolute Gasteiger partial charge is 0.497 e. The standard InChI is InChI=1S/C14H18N2O2/c1-4-6-10(5-2)16-14(17)12-8-7-11(18-3)9-13(12)15/h2,7-10H,4,6,15H2,1,3H3,(H,16,17). The second-order valence-electron chi connectivity index (χ2n) is 3.93. The summed E-state index contributed by atoms with van der Waals surface area (Å²) in [5, 5.41) is 2.77. The second kappa shape index (κ2) is 6.55. The maximum absolute atomic E-state index is 12.0. The van der Waals surface area contributed by atoms with Crippen LogP contribution < -0.4 is 15.8 Å². The molecule has 0 saturated carbocycles. The lowest BCUT2D eigenvalue weighted by molar-refractivity contribution is 0.0945. The summed E-state index contributed by atoms with van der Waals surface area (Å²) in [5.74, 6) is 2.91. The van der Waals surface area contributed by atoms with Gasteiger partial charge >= 0.3 is 0 Å². The number of nitrogens with one attached hydrogen (secondary N) is 1. The summed E-state index contributed by atoms with van der Waals surface area (Å²) in [6.07, 6.45) is 7.01. The molecule has 3 N–H and O–H groups in total. The normalized spacial score (nSPS) is 11.4. The van der Waals surface area contributed by atoms with Crippen LogP contribution in [0.5, 0.6) is 5.75 Å². The van der Waals surface area contributed by atoms with Crippen molar-refractivity contribution in [3.8, 4) is 18.1 Å². The highest BCUT2D eigenvalue weighted by molar-refractivity contribution is 5.99. The highest BCUT2D eigenvalue weighted by atomic mass is 16.5. The fourth-order valence-electron chi connectivity index (χ4n) is 1.60. The molecular weight excluding hydrogens is 228 g/mol. The van der Waals surface area contributed by atoms with E-state index >= 15 is 0 Å². The van der Waals surface area contributed by atoms with Gasteiger partial charge in [-0.15, -0.1) is 6.42 Å². The van der Waals surface area contributed by atoms with Crippen molar-refractivity contribution in [2.45, 2.75) is 25.8 Å². The number of carbonyl (C=O) groups excluding carboxylic acids is 1. The van der Waals surface area contributed by atoms with E-state index in [-0.39, 0.29) is 11.9 Å². The molecule has 0 spiro atoms. The first kappa shape index (κ1) is 13.9. The van der Waals surface area contributed by atoms with E-state index in [0.29, 0.717) is 17.0 Å². The maximum Gasteiger partial charge on any atom is 0.254 e. The van der Waals surface area contributed by atoms with Gasteiger partial charge in [0.2, 0.25) is 0 Å². The molecular formula is C14H18N2O2. The molecule has 0 aliphatic carbocycles. The average molecular weight is 246 g/mol. The molecule has 0 heterocycles. The van der Waals surface area contributed by atoms with Crippen LogP contribution in [0.4, 0.5) is 5.69 Å². The Bertz CT molecular complexity index is 463. The van der Waals surface area contributed by atoms with Gasteiger partial charge in [-0.05, 0) is 18.6 Å². The van der Waals surface area contributed by atoms with Crippen LogP contribution in [0.2, 0.25) is 0 Å². The van der Waals surface area contributed by atoms with Gasteiger partial charge < -0.3 is 15.8 Å². The zero-order chi connectivity index (χ0) is 13.5. The number of hydrogen-bond donors (Lipinski definition) is 2. The molecule has 96 valence electrons. The lowest BCUT2D eigenvalue weighted by Crippen LogP contribution is -2.34. The molecule has 0 bridgehead atoms. The molecule has 1 amide bonds. The van der Waals surface area contributed by atoms with Gasteiger partial charge in [0.05, 0.1) is 18.7 Å². The van der Waals surface area contributed by atoms with E-state index in [2.05, 4.69) is 11.2 Å². The van der Waals surface area contributed by atoms with Gasteiger partial charge in [0.15, 0.2) is 0 Å². The van der Waals surface area contributed by atoms with Crippen molar-refractivity contribution in [2.75, 3.05) is 12.8 Å². The molecule has 18 heavy (non-hydrogen) atoms. The van der Waals surface area contributed by atoms with E-state index in [1.807, 2.05) is 6.92 Å². The fraction of sp³-hybridized carbons (Fsp3) is 0.357. The van der Waals surface area contributed by atoms with Gasteiger partial charge in [-0.25, -0.2) is 0 Å². The third-order valence-corrected chi connectivity index (χ3v) is 2.59. The lowest BCUT2D eigenvalue weighted by Gasteiger charge is -2.13. The molecule has 0 aliphatic heterocycles. The number of carbonyl (C=O) groups is 1. The van der Waals surface area contributed by atoms with Crippen LogP contribution >= 0.6 is 0 Å². The number of terminal acetylenes is 1. The minimum atomic E-state index is -0.260. The van der Waals surface area contributed by atoms with Crippen molar-refractivity contribution >= 4 is 11.6 Å². The Morgan fingerprint density at radius 3 is 2.83 bits per heavy atom. The molecule has 1 aromatic carbocycles. The Kier molecular flexibility index (Phi) is 5.06. The average Bonchev–Trinajstić information content (AvgIpc) is 2.37. The third-order valence-electron chi connectivity index (χ3n) is 2.59. The summed E-state index contributed by atoms with van der Waals surface area (Å²) in [6, 6.07) is 4.67. The first-order chi connectivity index (χ1) is 8.62. The number of hydrogen-bond acceptors (Lipinski definition) is 3. The van der Waals surface area contributed by atoms with Crippen LogP contribution in [0.25, 0.3) is 0 Å². The van der Waals surface area contributed by atoms with Crippen LogP contribution in [0.15, 0.2) is 18.2 Å². The number of nitrogen functional groups attached to an aromatic ring is 1. The molecule has 0 fully saturated rings. The second-order valence-corrected chi connectivity index (χ2v) is 3.93. The number of ether oxygens (including phenoxy) is 1. The van der Waals surface area contributed by atoms with Crippen molar-refractivity contribution < 1.29 is 9.53 Å². The van der Waals surface area contributed by atoms with Crippen LogP contribution in [-0.2, 0) is 0 Å². The molecule has 1 aromatic rings. The van der Waals surface area contributed by atoms with Gasteiger partial charge in [0.25, 0.3) is 5.91 Å². The van der Waals surface area contributed by atoms with E-state index in [9.17, 15) is 4.79 Å². The molecule has 0 radical (unpaired) electrons. The van der Waals surface area contributed by atoms with Crippen molar-refractivity contribution in [3.05, 3.63) is 23.8 Å². The van der Waals surface area contributed by atoms with Crippen LogP contribution in [0.1, 0.15) is 30.1 Å². The van der Waals surface area contributed by atoms with Crippen LogP contribution in [-0.4, -0.2) is 19.1 Å². The minimum absolute atomic E-state index is 0.258. The molecule has 0 aliphatic rings. The zero-order valence-electron chi connectivity index (χ0n) is 10.7. The summed E-state index contributed by atoms with van der Waals surface area (Å²) in [7, 11) is 1.55. The molecule has 0 aromatic heterocycles. The number of benzene rings is 1. The summed E-state index contributed by atoms with van der Waals surface area (Å²) >= 11 is 0. The topological polar surface area (TPSA) is 64.3 Å². The van der Waals surface area contributed by atoms with E-state index in [1.165, 1.54) is 0 Å². The van der Waals surface area contributed by atoms with Crippen molar-refractivity contribution in [1.29, 1.82) is 0 Å². The van der Waals surface area contributed by atoms with Gasteiger partial charge in [-0.2, -0.15) is 0 Å². The third kappa shape index (κ3) is 3.42.